The SMILES string of the molecule is CCOC(=O)c1c(NC(=O)COC(=O)CNC(=O)c2ccc(C)s2)sc(C(=O)N(C)C)c1C. The highest BCUT2D eigenvalue weighted by molar-refractivity contribution is 7.18. The summed E-state index contributed by atoms with van der Waals surface area (Å²) in [6.45, 7) is 4.16. The lowest BCUT2D eigenvalue weighted by atomic mass is 10.1. The highest BCUT2D eigenvalue weighted by Gasteiger charge is 2.27. The average molecular weight is 496 g/mol. The van der Waals surface area contributed by atoms with E-state index in [1.807, 2.05) is 6.92 Å². The molecule has 0 unspecified atom stereocenters. The summed E-state index contributed by atoms with van der Waals surface area (Å²) in [6, 6.07) is 3.43. The number of rotatable bonds is 9. The molecule has 10 nitrogen and oxygen atoms in total. The quantitative estimate of drug-likeness (QED) is 0.510. The lowest BCUT2D eigenvalue weighted by Crippen LogP contribution is -2.31. The van der Waals surface area contributed by atoms with Gasteiger partial charge in [-0.3, -0.25) is 19.2 Å². The summed E-state index contributed by atoms with van der Waals surface area (Å²) in [5.74, 6) is -2.93. The minimum absolute atomic E-state index is 0.0743. The Morgan fingerprint density at radius 2 is 1.73 bits per heavy atom. The average Bonchev–Trinajstić information content (AvgIpc) is 3.33. The van der Waals surface area contributed by atoms with Gasteiger partial charge in [-0.15, -0.1) is 22.7 Å². The van der Waals surface area contributed by atoms with Gasteiger partial charge < -0.3 is 25.0 Å². The second kappa shape index (κ2) is 11.6. The lowest BCUT2D eigenvalue weighted by Gasteiger charge is -2.09. The molecule has 2 aromatic rings. The minimum Gasteiger partial charge on any atom is -0.462 e. The number of hydrogen-bond acceptors (Lipinski definition) is 9. The van der Waals surface area contributed by atoms with Crippen LogP contribution in [0.15, 0.2) is 12.1 Å². The Bertz CT molecular complexity index is 1070. The molecule has 0 atom stereocenters. The number of thiophene rings is 2. The third-order valence-corrected chi connectivity index (χ3v) is 6.40. The smallest absolute Gasteiger partial charge is 0.341 e. The van der Waals surface area contributed by atoms with Crippen LogP contribution in [-0.4, -0.2) is 68.4 Å². The highest BCUT2D eigenvalue weighted by Crippen LogP contribution is 2.34. The van der Waals surface area contributed by atoms with Crippen molar-refractivity contribution in [1.82, 2.24) is 10.2 Å². The van der Waals surface area contributed by atoms with Gasteiger partial charge in [0, 0.05) is 19.0 Å². The zero-order valence-corrected chi connectivity index (χ0v) is 20.5. The number of amides is 3. The van der Waals surface area contributed by atoms with E-state index in [4.69, 9.17) is 9.47 Å². The molecule has 0 saturated carbocycles. The molecule has 0 spiro atoms. The second-order valence-electron chi connectivity index (χ2n) is 6.98. The minimum atomic E-state index is -0.803. The predicted octanol–water partition coefficient (Wildman–Crippen LogP) is 2.22. The van der Waals surface area contributed by atoms with Crippen LogP contribution in [0, 0.1) is 13.8 Å². The number of hydrogen-bond donors (Lipinski definition) is 2. The first-order valence-electron chi connectivity index (χ1n) is 9.87. The normalized spacial score (nSPS) is 10.3. The molecule has 2 N–H and O–H groups in total. The van der Waals surface area contributed by atoms with Gasteiger partial charge >= 0.3 is 11.9 Å². The fourth-order valence-corrected chi connectivity index (χ4v) is 4.63. The predicted molar refractivity (Wildman–Crippen MR) is 124 cm³/mol. The molecular formula is C21H25N3O7S2. The molecule has 2 rings (SSSR count). The molecule has 0 aliphatic rings. The van der Waals surface area contributed by atoms with E-state index in [-0.39, 0.29) is 28.0 Å². The van der Waals surface area contributed by atoms with Gasteiger partial charge in [-0.25, -0.2) is 4.79 Å². The summed E-state index contributed by atoms with van der Waals surface area (Å²) in [5, 5.41) is 5.04. The van der Waals surface area contributed by atoms with Crippen molar-refractivity contribution in [2.24, 2.45) is 0 Å². The van der Waals surface area contributed by atoms with Crippen molar-refractivity contribution in [2.75, 3.05) is 39.2 Å². The Morgan fingerprint density at radius 3 is 2.30 bits per heavy atom. The van der Waals surface area contributed by atoms with Crippen LogP contribution < -0.4 is 10.6 Å². The summed E-state index contributed by atoms with van der Waals surface area (Å²) in [6.07, 6.45) is 0. The van der Waals surface area contributed by atoms with Crippen LogP contribution in [0.1, 0.15) is 47.1 Å². The molecule has 33 heavy (non-hydrogen) atoms. The maximum absolute atomic E-state index is 12.4. The zero-order chi connectivity index (χ0) is 24.7. The summed E-state index contributed by atoms with van der Waals surface area (Å²) < 4.78 is 9.93. The van der Waals surface area contributed by atoms with Gasteiger partial charge in [0.15, 0.2) is 6.61 Å². The Morgan fingerprint density at radius 1 is 1.03 bits per heavy atom. The summed E-state index contributed by atoms with van der Waals surface area (Å²) >= 11 is 2.22. The summed E-state index contributed by atoms with van der Waals surface area (Å²) in [7, 11) is 3.14. The number of nitrogens with zero attached hydrogens (tertiary/aromatic N) is 1. The van der Waals surface area contributed by atoms with Crippen LogP contribution in [-0.2, 0) is 19.1 Å². The number of carbonyl (C=O) groups is 5. The van der Waals surface area contributed by atoms with Gasteiger partial charge in [0.1, 0.15) is 11.5 Å². The van der Waals surface area contributed by atoms with Gasteiger partial charge in [0.25, 0.3) is 17.7 Å². The molecule has 0 bridgehead atoms. The molecule has 0 saturated heterocycles. The molecule has 12 heteroatoms. The lowest BCUT2D eigenvalue weighted by molar-refractivity contribution is -0.146. The van der Waals surface area contributed by atoms with E-state index in [1.165, 1.54) is 16.2 Å². The molecular weight excluding hydrogens is 470 g/mol. The van der Waals surface area contributed by atoms with Gasteiger partial charge in [-0.2, -0.15) is 0 Å². The van der Waals surface area contributed by atoms with Crippen LogP contribution in [0.3, 0.4) is 0 Å². The van der Waals surface area contributed by atoms with Crippen molar-refractivity contribution < 1.29 is 33.4 Å². The number of aryl methyl sites for hydroxylation is 1. The van der Waals surface area contributed by atoms with Crippen LogP contribution >= 0.6 is 22.7 Å². The largest absolute Gasteiger partial charge is 0.462 e. The number of carbonyl (C=O) groups excluding carboxylic acids is 5. The Hall–Kier alpha value is -3.25. The third-order valence-electron chi connectivity index (χ3n) is 4.20. The molecule has 0 radical (unpaired) electrons. The van der Waals surface area contributed by atoms with E-state index in [2.05, 4.69) is 10.6 Å². The van der Waals surface area contributed by atoms with E-state index < -0.39 is 36.9 Å². The molecule has 3 amide bonds. The van der Waals surface area contributed by atoms with E-state index in [0.717, 1.165) is 16.2 Å². The van der Waals surface area contributed by atoms with Crippen LogP contribution in [0.2, 0.25) is 0 Å². The zero-order valence-electron chi connectivity index (χ0n) is 18.9. The Balaban J connectivity index is 2.00. The molecule has 0 aliphatic heterocycles. The topological polar surface area (TPSA) is 131 Å². The van der Waals surface area contributed by atoms with Crippen molar-refractivity contribution in [3.63, 3.8) is 0 Å². The summed E-state index contributed by atoms with van der Waals surface area (Å²) in [5.41, 5.74) is 0.459. The first kappa shape index (κ1) is 26.0. The van der Waals surface area contributed by atoms with Crippen LogP contribution in [0.25, 0.3) is 0 Å². The van der Waals surface area contributed by atoms with E-state index in [1.54, 1.807) is 40.1 Å². The van der Waals surface area contributed by atoms with Gasteiger partial charge in [-0.1, -0.05) is 0 Å². The molecule has 0 aliphatic carbocycles. The Kier molecular flexibility index (Phi) is 9.12. The fourth-order valence-electron chi connectivity index (χ4n) is 2.61. The van der Waals surface area contributed by atoms with Crippen molar-refractivity contribution in [3.8, 4) is 0 Å². The molecule has 0 aromatic carbocycles. The molecule has 0 fully saturated rings. The van der Waals surface area contributed by atoms with Crippen molar-refractivity contribution in [3.05, 3.63) is 37.9 Å². The number of anilines is 1. The Labute approximate surface area is 198 Å². The molecule has 178 valence electrons. The third kappa shape index (κ3) is 6.86. The highest BCUT2D eigenvalue weighted by atomic mass is 32.1. The monoisotopic (exact) mass is 495 g/mol. The van der Waals surface area contributed by atoms with Crippen LogP contribution in [0.4, 0.5) is 5.00 Å². The standard InChI is InChI=1S/C21H25N3O7S2/c1-6-30-21(29)16-12(3)17(20(28)24(4)5)33-19(16)23-14(25)10-31-15(26)9-22-18(27)13-8-7-11(2)32-13/h7-8H,6,9-10H2,1-5H3,(H,22,27)(H,23,25). The second-order valence-corrected chi connectivity index (χ2v) is 9.29. The van der Waals surface area contributed by atoms with E-state index in [0.29, 0.717) is 10.4 Å². The molecule has 2 aromatic heterocycles. The maximum Gasteiger partial charge on any atom is 0.341 e. The van der Waals surface area contributed by atoms with Crippen molar-refractivity contribution in [1.29, 1.82) is 0 Å². The fraction of sp³-hybridized carbons (Fsp3) is 0.381. The summed E-state index contributed by atoms with van der Waals surface area (Å²) in [4.78, 5) is 64.0. The van der Waals surface area contributed by atoms with Gasteiger partial charge in [-0.05, 0) is 38.5 Å². The van der Waals surface area contributed by atoms with Gasteiger partial charge in [0.05, 0.1) is 21.9 Å². The van der Waals surface area contributed by atoms with Gasteiger partial charge in [0.2, 0.25) is 0 Å². The van der Waals surface area contributed by atoms with E-state index in [9.17, 15) is 24.0 Å². The van der Waals surface area contributed by atoms with Crippen molar-refractivity contribution in [2.45, 2.75) is 20.8 Å². The number of esters is 2. The maximum atomic E-state index is 12.4. The first-order chi connectivity index (χ1) is 15.5. The molecule has 2 heterocycles. The van der Waals surface area contributed by atoms with Crippen LogP contribution in [0.5, 0.6) is 0 Å². The number of nitrogens with one attached hydrogen (secondary N) is 2. The van der Waals surface area contributed by atoms with Crippen molar-refractivity contribution >= 4 is 57.3 Å². The number of ether oxygens (including phenoxy) is 2. The first-order valence-corrected chi connectivity index (χ1v) is 11.5. The van der Waals surface area contributed by atoms with E-state index >= 15 is 0 Å².